The molecule has 6 heteroatoms. The number of hydrogen-bond acceptors (Lipinski definition) is 4. The highest BCUT2D eigenvalue weighted by molar-refractivity contribution is 7.92. The van der Waals surface area contributed by atoms with Gasteiger partial charge in [0.25, 0.3) is 0 Å². The van der Waals surface area contributed by atoms with E-state index in [1.165, 1.54) is 7.11 Å². The number of benzene rings is 2. The summed E-state index contributed by atoms with van der Waals surface area (Å²) in [6.45, 7) is 1.82. The zero-order valence-electron chi connectivity index (χ0n) is 13.5. The quantitative estimate of drug-likeness (QED) is 0.845. The first kappa shape index (κ1) is 17.1. The lowest BCUT2D eigenvalue weighted by atomic mass is 10.2. The number of ether oxygens (including phenoxy) is 2. The lowest BCUT2D eigenvalue weighted by Crippen LogP contribution is -2.19. The highest BCUT2D eigenvalue weighted by Gasteiger charge is 2.15. The van der Waals surface area contributed by atoms with E-state index in [1.54, 1.807) is 19.2 Å². The Morgan fingerprint density at radius 1 is 1.00 bits per heavy atom. The summed E-state index contributed by atoms with van der Waals surface area (Å²) in [5.74, 6) is 1.07. The van der Waals surface area contributed by atoms with Gasteiger partial charge in [0.2, 0.25) is 10.0 Å². The maximum Gasteiger partial charge on any atom is 0.233 e. The van der Waals surface area contributed by atoms with Crippen molar-refractivity contribution in [2.45, 2.75) is 13.3 Å². The number of hydrogen-bond donors (Lipinski definition) is 1. The average molecular weight is 335 g/mol. The van der Waals surface area contributed by atoms with Gasteiger partial charge < -0.3 is 9.47 Å². The first-order chi connectivity index (χ1) is 10.9. The van der Waals surface area contributed by atoms with Gasteiger partial charge in [0.15, 0.2) is 11.5 Å². The van der Waals surface area contributed by atoms with Gasteiger partial charge in [0.05, 0.1) is 25.7 Å². The van der Waals surface area contributed by atoms with E-state index in [4.69, 9.17) is 9.47 Å². The summed E-state index contributed by atoms with van der Waals surface area (Å²) >= 11 is 0. The molecular formula is C17H21NO4S. The Balaban J connectivity index is 2.14. The van der Waals surface area contributed by atoms with Crippen LogP contribution in [0.1, 0.15) is 11.1 Å². The lowest BCUT2D eigenvalue weighted by Gasteiger charge is -2.14. The lowest BCUT2D eigenvalue weighted by molar-refractivity contribution is 0.355. The van der Waals surface area contributed by atoms with E-state index in [9.17, 15) is 8.42 Å². The summed E-state index contributed by atoms with van der Waals surface area (Å²) in [5.41, 5.74) is 2.25. The third kappa shape index (κ3) is 4.63. The van der Waals surface area contributed by atoms with Crippen molar-refractivity contribution < 1.29 is 17.9 Å². The van der Waals surface area contributed by atoms with E-state index in [2.05, 4.69) is 4.72 Å². The Morgan fingerprint density at radius 3 is 2.22 bits per heavy atom. The number of rotatable bonds is 7. The van der Waals surface area contributed by atoms with Crippen LogP contribution in [-0.2, 0) is 16.4 Å². The average Bonchev–Trinajstić information content (AvgIpc) is 2.55. The monoisotopic (exact) mass is 335 g/mol. The fourth-order valence-electron chi connectivity index (χ4n) is 2.21. The Hall–Kier alpha value is -2.21. The molecule has 5 nitrogen and oxygen atoms in total. The van der Waals surface area contributed by atoms with Gasteiger partial charge in [-0.25, -0.2) is 8.42 Å². The molecule has 2 rings (SSSR count). The summed E-state index contributed by atoms with van der Waals surface area (Å²) in [5, 5.41) is 0. The largest absolute Gasteiger partial charge is 0.493 e. The van der Waals surface area contributed by atoms with Gasteiger partial charge in [0, 0.05) is 6.07 Å². The minimum Gasteiger partial charge on any atom is -0.493 e. The van der Waals surface area contributed by atoms with E-state index in [0.29, 0.717) is 23.6 Å². The molecule has 2 aromatic carbocycles. The van der Waals surface area contributed by atoms with Gasteiger partial charge in [-0.1, -0.05) is 30.3 Å². The second-order valence-corrected chi connectivity index (χ2v) is 7.02. The molecule has 0 aliphatic carbocycles. The topological polar surface area (TPSA) is 64.6 Å². The molecular weight excluding hydrogens is 314 g/mol. The number of nitrogens with one attached hydrogen (secondary N) is 1. The van der Waals surface area contributed by atoms with Gasteiger partial charge in [-0.3, -0.25) is 4.72 Å². The fraction of sp³-hybridized carbons (Fsp3) is 0.294. The third-order valence-electron chi connectivity index (χ3n) is 3.50. The fourth-order valence-corrected chi connectivity index (χ4v) is 3.37. The normalized spacial score (nSPS) is 11.1. The van der Waals surface area contributed by atoms with Gasteiger partial charge in [-0.05, 0) is 30.5 Å². The second-order valence-electron chi connectivity index (χ2n) is 5.18. The summed E-state index contributed by atoms with van der Waals surface area (Å²) in [4.78, 5) is 0. The molecule has 0 amide bonds. The molecule has 0 heterocycles. The van der Waals surface area contributed by atoms with Crippen molar-refractivity contribution in [1.82, 2.24) is 0 Å². The van der Waals surface area contributed by atoms with Crippen LogP contribution in [0.15, 0.2) is 42.5 Å². The number of sulfonamides is 1. The minimum atomic E-state index is -3.45. The van der Waals surface area contributed by atoms with Crippen molar-refractivity contribution in [3.63, 3.8) is 0 Å². The molecule has 0 atom stereocenters. The summed E-state index contributed by atoms with van der Waals surface area (Å²) < 4.78 is 37.6. The molecule has 0 aliphatic heterocycles. The minimum absolute atomic E-state index is 0.0186. The number of anilines is 1. The van der Waals surface area contributed by atoms with Crippen LogP contribution in [0.25, 0.3) is 0 Å². The molecule has 0 fully saturated rings. The van der Waals surface area contributed by atoms with Crippen molar-refractivity contribution >= 4 is 15.7 Å². The molecule has 0 saturated heterocycles. The number of aryl methyl sites for hydroxylation is 2. The smallest absolute Gasteiger partial charge is 0.233 e. The van der Waals surface area contributed by atoms with E-state index >= 15 is 0 Å². The van der Waals surface area contributed by atoms with Gasteiger partial charge in [-0.15, -0.1) is 0 Å². The molecule has 124 valence electrons. The Bertz CT molecular complexity index is 758. The van der Waals surface area contributed by atoms with Gasteiger partial charge >= 0.3 is 0 Å². The van der Waals surface area contributed by atoms with Crippen LogP contribution in [0.4, 0.5) is 5.69 Å². The van der Waals surface area contributed by atoms with E-state index in [0.717, 1.165) is 11.1 Å². The van der Waals surface area contributed by atoms with Crippen LogP contribution in [0, 0.1) is 6.92 Å². The van der Waals surface area contributed by atoms with Crippen LogP contribution < -0.4 is 14.2 Å². The van der Waals surface area contributed by atoms with Crippen LogP contribution in [-0.4, -0.2) is 28.4 Å². The molecule has 0 radical (unpaired) electrons. The highest BCUT2D eigenvalue weighted by Crippen LogP contribution is 2.33. The zero-order valence-corrected chi connectivity index (χ0v) is 14.3. The zero-order chi connectivity index (χ0) is 16.9. The van der Waals surface area contributed by atoms with Crippen molar-refractivity contribution in [2.75, 3.05) is 24.7 Å². The second kappa shape index (κ2) is 7.37. The summed E-state index contributed by atoms with van der Waals surface area (Å²) in [7, 11) is -0.389. The van der Waals surface area contributed by atoms with Gasteiger partial charge in [-0.2, -0.15) is 0 Å². The van der Waals surface area contributed by atoms with Crippen molar-refractivity contribution in [1.29, 1.82) is 0 Å². The standard InChI is InChI=1S/C17H21NO4S/c1-13-11-16(21-2)17(22-3)12-15(13)18-23(19,20)10-9-14-7-5-4-6-8-14/h4-8,11-12,18H,9-10H2,1-3H3. The first-order valence-electron chi connectivity index (χ1n) is 7.22. The van der Waals surface area contributed by atoms with Gasteiger partial charge in [0.1, 0.15) is 0 Å². The molecule has 23 heavy (non-hydrogen) atoms. The Kier molecular flexibility index (Phi) is 5.50. The van der Waals surface area contributed by atoms with Crippen molar-refractivity contribution in [2.24, 2.45) is 0 Å². The van der Waals surface area contributed by atoms with Crippen LogP contribution in [0.5, 0.6) is 11.5 Å². The van der Waals surface area contributed by atoms with Crippen LogP contribution in [0.3, 0.4) is 0 Å². The molecule has 0 bridgehead atoms. The molecule has 2 aromatic rings. The maximum atomic E-state index is 12.3. The molecule has 0 spiro atoms. The van der Waals surface area contributed by atoms with E-state index in [-0.39, 0.29) is 5.75 Å². The molecule has 0 aliphatic rings. The van der Waals surface area contributed by atoms with E-state index in [1.807, 2.05) is 37.3 Å². The van der Waals surface area contributed by atoms with E-state index < -0.39 is 10.0 Å². The molecule has 1 N–H and O–H groups in total. The van der Waals surface area contributed by atoms with Crippen molar-refractivity contribution in [3.05, 3.63) is 53.6 Å². The molecule has 0 saturated carbocycles. The highest BCUT2D eigenvalue weighted by atomic mass is 32.2. The predicted octanol–water partition coefficient (Wildman–Crippen LogP) is 3.00. The Morgan fingerprint density at radius 2 is 1.61 bits per heavy atom. The molecule has 0 aromatic heterocycles. The summed E-state index contributed by atoms with van der Waals surface area (Å²) in [6, 6.07) is 12.9. The number of methoxy groups -OCH3 is 2. The molecule has 0 unspecified atom stereocenters. The van der Waals surface area contributed by atoms with Crippen LogP contribution >= 0.6 is 0 Å². The third-order valence-corrected chi connectivity index (χ3v) is 4.77. The predicted molar refractivity (Wildman–Crippen MR) is 91.8 cm³/mol. The maximum absolute atomic E-state index is 12.3. The Labute approximate surface area is 137 Å². The summed E-state index contributed by atoms with van der Waals surface area (Å²) in [6.07, 6.45) is 0.461. The van der Waals surface area contributed by atoms with Crippen LogP contribution in [0.2, 0.25) is 0 Å². The first-order valence-corrected chi connectivity index (χ1v) is 8.87. The van der Waals surface area contributed by atoms with Crippen molar-refractivity contribution in [3.8, 4) is 11.5 Å². The SMILES string of the molecule is COc1cc(C)c(NS(=O)(=O)CCc2ccccc2)cc1OC.